The third kappa shape index (κ3) is 3.42. The van der Waals surface area contributed by atoms with E-state index in [0.717, 1.165) is 16.0 Å². The van der Waals surface area contributed by atoms with Crippen molar-refractivity contribution in [1.29, 1.82) is 0 Å². The van der Waals surface area contributed by atoms with Crippen LogP contribution in [-0.2, 0) is 4.79 Å². The molecule has 0 aliphatic heterocycles. The molecule has 1 aromatic heterocycles. The predicted molar refractivity (Wildman–Crippen MR) is 83.8 cm³/mol. The molecule has 1 aromatic carbocycles. The van der Waals surface area contributed by atoms with Crippen LogP contribution >= 0.6 is 27.5 Å². The maximum atomic E-state index is 12.2. The average molecular weight is 381 g/mol. The number of amides is 2. The van der Waals surface area contributed by atoms with Crippen LogP contribution in [0.3, 0.4) is 0 Å². The Morgan fingerprint density at radius 1 is 1.32 bits per heavy atom. The van der Waals surface area contributed by atoms with Crippen LogP contribution in [0.1, 0.15) is 15.4 Å². The highest BCUT2D eigenvalue weighted by Crippen LogP contribution is 2.17. The number of nitrogens with one attached hydrogen (secondary N) is 2. The number of rotatable bonds is 4. The normalized spacial score (nSPS) is 9.73. The first-order chi connectivity index (χ1) is 10.6. The van der Waals surface area contributed by atoms with Crippen molar-refractivity contribution in [3.8, 4) is 0 Å². The SMILES string of the molecule is CNC(=O)C(=[N+]=[N-])c1snnc1C(=O)Nc1ccc(Br)cc1. The van der Waals surface area contributed by atoms with E-state index in [-0.39, 0.29) is 16.3 Å². The molecule has 1 heterocycles. The Kier molecular flexibility index (Phi) is 5.10. The van der Waals surface area contributed by atoms with Gasteiger partial charge in [-0.2, -0.15) is 4.79 Å². The Labute approximate surface area is 137 Å². The van der Waals surface area contributed by atoms with Gasteiger partial charge in [0.15, 0.2) is 10.6 Å². The average Bonchev–Trinajstić information content (AvgIpc) is 2.99. The van der Waals surface area contributed by atoms with Gasteiger partial charge in [0.1, 0.15) is 0 Å². The Balaban J connectivity index is 2.28. The quantitative estimate of drug-likeness (QED) is 0.471. The zero-order valence-electron chi connectivity index (χ0n) is 11.2. The molecule has 0 bridgehead atoms. The number of hydrogen-bond acceptors (Lipinski definition) is 5. The Morgan fingerprint density at radius 2 is 2.00 bits per heavy atom. The van der Waals surface area contributed by atoms with E-state index in [0.29, 0.717) is 5.69 Å². The fourth-order valence-corrected chi connectivity index (χ4v) is 2.44. The monoisotopic (exact) mass is 380 g/mol. The third-order valence-corrected chi connectivity index (χ3v) is 3.82. The molecule has 112 valence electrons. The minimum atomic E-state index is -0.647. The first kappa shape index (κ1) is 16.0. The summed E-state index contributed by atoms with van der Waals surface area (Å²) in [4.78, 5) is 26.8. The van der Waals surface area contributed by atoms with E-state index in [4.69, 9.17) is 5.53 Å². The van der Waals surface area contributed by atoms with E-state index >= 15 is 0 Å². The molecule has 0 atom stereocenters. The molecule has 2 N–H and O–H groups in total. The lowest BCUT2D eigenvalue weighted by molar-refractivity contribution is -0.118. The van der Waals surface area contributed by atoms with E-state index in [1.807, 2.05) is 0 Å². The standard InChI is InChI=1S/C12H9BrN6O2S/c1-15-11(20)8(17-14)10-9(18-19-22-10)12(21)16-7-4-2-6(13)3-5-7/h2-5H,1H3,(H,15,20)(H,16,21). The summed E-state index contributed by atoms with van der Waals surface area (Å²) in [6.07, 6.45) is 0. The van der Waals surface area contributed by atoms with E-state index in [2.05, 4.69) is 40.9 Å². The van der Waals surface area contributed by atoms with Gasteiger partial charge in [0.2, 0.25) is 0 Å². The predicted octanol–water partition coefficient (Wildman–Crippen LogP) is 1.32. The number of hydrogen-bond donors (Lipinski definition) is 2. The molecule has 0 saturated heterocycles. The van der Waals surface area contributed by atoms with Gasteiger partial charge < -0.3 is 16.2 Å². The van der Waals surface area contributed by atoms with Gasteiger partial charge >= 0.3 is 11.6 Å². The van der Waals surface area contributed by atoms with Gasteiger partial charge in [-0.15, -0.1) is 5.10 Å². The fraction of sp³-hybridized carbons (Fsp3) is 0.0833. The van der Waals surface area contributed by atoms with Crippen LogP contribution in [0.2, 0.25) is 0 Å². The zero-order chi connectivity index (χ0) is 16.1. The molecule has 22 heavy (non-hydrogen) atoms. The van der Waals surface area contributed by atoms with Gasteiger partial charge in [-0.25, -0.2) is 0 Å². The molecule has 0 radical (unpaired) electrons. The lowest BCUT2D eigenvalue weighted by Crippen LogP contribution is -2.30. The number of halogens is 1. The first-order valence-corrected chi connectivity index (χ1v) is 7.47. The maximum absolute atomic E-state index is 12.2. The van der Waals surface area contributed by atoms with E-state index in [9.17, 15) is 9.59 Å². The molecule has 0 fully saturated rings. The van der Waals surface area contributed by atoms with Crippen LogP contribution in [0, 0.1) is 0 Å². The van der Waals surface area contributed by atoms with Crippen molar-refractivity contribution in [3.63, 3.8) is 0 Å². The van der Waals surface area contributed by atoms with Gasteiger partial charge in [-0.1, -0.05) is 20.4 Å². The van der Waals surface area contributed by atoms with Crippen molar-refractivity contribution >= 4 is 50.7 Å². The summed E-state index contributed by atoms with van der Waals surface area (Å²) in [7, 11) is 1.38. The summed E-state index contributed by atoms with van der Waals surface area (Å²) >= 11 is 4.08. The minimum Gasteiger partial charge on any atom is -0.360 e. The number of carbonyl (C=O) groups excluding carboxylic acids is 2. The third-order valence-electron chi connectivity index (χ3n) is 2.56. The smallest absolute Gasteiger partial charge is 0.360 e. The summed E-state index contributed by atoms with van der Waals surface area (Å²) in [6.45, 7) is 0. The second-order valence-corrected chi connectivity index (χ2v) is 5.61. The Bertz CT molecular complexity index is 766. The van der Waals surface area contributed by atoms with Gasteiger partial charge in [-0.05, 0) is 35.8 Å². The van der Waals surface area contributed by atoms with Crippen molar-refractivity contribution in [1.82, 2.24) is 14.9 Å². The zero-order valence-corrected chi connectivity index (χ0v) is 13.6. The molecule has 2 aromatic rings. The van der Waals surface area contributed by atoms with Crippen LogP contribution in [0.25, 0.3) is 5.53 Å². The number of likely N-dealkylation sites (N-methyl/N-ethyl adjacent to an activating group) is 1. The number of anilines is 1. The number of benzene rings is 1. The van der Waals surface area contributed by atoms with Crippen molar-refractivity contribution in [2.45, 2.75) is 0 Å². The van der Waals surface area contributed by atoms with Crippen molar-refractivity contribution in [3.05, 3.63) is 44.8 Å². The molecule has 2 rings (SSSR count). The molecule has 0 saturated carbocycles. The molecule has 0 aliphatic rings. The molecule has 10 heteroatoms. The number of carbonyl (C=O) groups is 2. The molecule has 8 nitrogen and oxygen atoms in total. The van der Waals surface area contributed by atoms with Gasteiger partial charge in [0, 0.05) is 17.2 Å². The Morgan fingerprint density at radius 3 is 2.59 bits per heavy atom. The molecule has 0 aliphatic carbocycles. The highest BCUT2D eigenvalue weighted by molar-refractivity contribution is 9.10. The topological polar surface area (TPSA) is 120 Å². The van der Waals surface area contributed by atoms with Gasteiger partial charge in [0.25, 0.3) is 5.91 Å². The summed E-state index contributed by atoms with van der Waals surface area (Å²) in [6, 6.07) is 6.92. The van der Waals surface area contributed by atoms with Crippen LogP contribution < -0.4 is 10.6 Å². The highest BCUT2D eigenvalue weighted by atomic mass is 79.9. The second-order valence-electron chi connectivity index (χ2n) is 3.94. The Hall–Kier alpha value is -2.42. The van der Waals surface area contributed by atoms with Gasteiger partial charge in [-0.3, -0.25) is 9.59 Å². The largest absolute Gasteiger partial charge is 0.400 e. The fourth-order valence-electron chi connectivity index (χ4n) is 1.53. The molecule has 0 spiro atoms. The summed E-state index contributed by atoms with van der Waals surface area (Å²) in [5.41, 5.74) is 9.10. The minimum absolute atomic E-state index is 0.0801. The lowest BCUT2D eigenvalue weighted by Gasteiger charge is -2.03. The molecule has 0 unspecified atom stereocenters. The lowest BCUT2D eigenvalue weighted by atomic mass is 10.2. The van der Waals surface area contributed by atoms with Crippen molar-refractivity contribution in [2.75, 3.05) is 12.4 Å². The van der Waals surface area contributed by atoms with Crippen LogP contribution in [-0.4, -0.2) is 39.0 Å². The van der Waals surface area contributed by atoms with E-state index in [1.165, 1.54) is 7.05 Å². The molecular weight excluding hydrogens is 372 g/mol. The van der Waals surface area contributed by atoms with Crippen molar-refractivity contribution in [2.24, 2.45) is 0 Å². The van der Waals surface area contributed by atoms with Crippen LogP contribution in [0.15, 0.2) is 28.7 Å². The molecule has 2 amide bonds. The summed E-state index contributed by atoms with van der Waals surface area (Å²) in [5.74, 6) is -1.21. The van der Waals surface area contributed by atoms with Crippen molar-refractivity contribution < 1.29 is 14.4 Å². The maximum Gasteiger partial charge on any atom is 0.400 e. The van der Waals surface area contributed by atoms with Gasteiger partial charge in [0.05, 0.1) is 0 Å². The van der Waals surface area contributed by atoms with E-state index < -0.39 is 11.8 Å². The second kappa shape index (κ2) is 7.03. The molecular formula is C12H9BrN6O2S. The van der Waals surface area contributed by atoms with E-state index in [1.54, 1.807) is 24.3 Å². The summed E-state index contributed by atoms with van der Waals surface area (Å²) < 4.78 is 4.51. The highest BCUT2D eigenvalue weighted by Gasteiger charge is 2.31. The number of nitrogens with zero attached hydrogens (tertiary/aromatic N) is 4. The van der Waals surface area contributed by atoms with Crippen LogP contribution in [0.4, 0.5) is 5.69 Å². The summed E-state index contributed by atoms with van der Waals surface area (Å²) in [5, 5.41) is 8.63. The van der Waals surface area contributed by atoms with Crippen LogP contribution in [0.5, 0.6) is 0 Å². The number of aromatic nitrogens is 2. The first-order valence-electron chi connectivity index (χ1n) is 5.90.